The molecule has 3 aromatic heterocycles. The zero-order valence-corrected chi connectivity index (χ0v) is 7.15. The standard InChI is InChI=1S/C10H6N2O2/c13-10-6-3-5-12-8(6)9-7(14-10)2-1-4-11-9/h1-5,11H. The fourth-order valence-electron chi connectivity index (χ4n) is 1.55. The maximum Gasteiger partial charge on any atom is 0.345 e. The first-order chi connectivity index (χ1) is 6.86. The second kappa shape index (κ2) is 2.45. The number of aromatic nitrogens is 2. The molecule has 0 amide bonds. The van der Waals surface area contributed by atoms with Crippen LogP contribution in [0.2, 0.25) is 0 Å². The first kappa shape index (κ1) is 7.32. The minimum Gasteiger partial charge on any atom is -0.421 e. The molecule has 0 unspecified atom stereocenters. The zero-order chi connectivity index (χ0) is 9.54. The Kier molecular flexibility index (Phi) is 1.28. The van der Waals surface area contributed by atoms with Crippen LogP contribution >= 0.6 is 0 Å². The molecule has 4 nitrogen and oxygen atoms in total. The fraction of sp³-hybridized carbons (Fsp3) is 0. The van der Waals surface area contributed by atoms with Gasteiger partial charge < -0.3 is 9.40 Å². The second-order valence-corrected chi connectivity index (χ2v) is 3.01. The Morgan fingerprint density at radius 3 is 3.21 bits per heavy atom. The molecule has 0 saturated heterocycles. The van der Waals surface area contributed by atoms with Gasteiger partial charge in [-0.2, -0.15) is 0 Å². The van der Waals surface area contributed by atoms with Gasteiger partial charge >= 0.3 is 5.63 Å². The number of hydrogen-bond donors (Lipinski definition) is 1. The van der Waals surface area contributed by atoms with Crippen molar-refractivity contribution in [3.8, 4) is 0 Å². The van der Waals surface area contributed by atoms with E-state index in [0.717, 1.165) is 5.52 Å². The van der Waals surface area contributed by atoms with Gasteiger partial charge in [0.1, 0.15) is 11.0 Å². The van der Waals surface area contributed by atoms with E-state index < -0.39 is 0 Å². The largest absolute Gasteiger partial charge is 0.421 e. The Morgan fingerprint density at radius 2 is 2.29 bits per heavy atom. The van der Waals surface area contributed by atoms with E-state index in [-0.39, 0.29) is 5.63 Å². The number of aromatic amines is 1. The Hall–Kier alpha value is -2.10. The smallest absolute Gasteiger partial charge is 0.345 e. The molecule has 1 N–H and O–H groups in total. The molecule has 4 heteroatoms. The maximum absolute atomic E-state index is 11.4. The molecule has 68 valence electrons. The summed E-state index contributed by atoms with van der Waals surface area (Å²) in [5.74, 6) is 0. The van der Waals surface area contributed by atoms with Crippen LogP contribution in [0.5, 0.6) is 0 Å². The van der Waals surface area contributed by atoms with E-state index in [1.807, 2.05) is 0 Å². The molecule has 0 saturated carbocycles. The van der Waals surface area contributed by atoms with Crippen LogP contribution in [0.15, 0.2) is 39.8 Å². The Labute approximate surface area is 78.2 Å². The molecule has 0 aliphatic rings. The lowest BCUT2D eigenvalue weighted by Crippen LogP contribution is -1.98. The lowest BCUT2D eigenvalue weighted by Gasteiger charge is -1.96. The maximum atomic E-state index is 11.4. The zero-order valence-electron chi connectivity index (χ0n) is 7.15. The minimum atomic E-state index is -0.343. The molecule has 0 aliphatic heterocycles. The third-order valence-electron chi connectivity index (χ3n) is 2.18. The SMILES string of the molecule is O=c1oc2ccc[nH]c2c2nccc12. The minimum absolute atomic E-state index is 0.343. The summed E-state index contributed by atoms with van der Waals surface area (Å²) in [6, 6.07) is 5.17. The van der Waals surface area contributed by atoms with Crippen LogP contribution in [0, 0.1) is 0 Å². The summed E-state index contributed by atoms with van der Waals surface area (Å²) in [6.45, 7) is 0. The molecule has 0 aliphatic carbocycles. The number of nitrogens with one attached hydrogen (secondary N) is 1. The van der Waals surface area contributed by atoms with Gasteiger partial charge in [-0.15, -0.1) is 0 Å². The quantitative estimate of drug-likeness (QED) is 0.581. The van der Waals surface area contributed by atoms with Crippen LogP contribution in [-0.2, 0) is 0 Å². The van der Waals surface area contributed by atoms with Crippen LogP contribution in [0.3, 0.4) is 0 Å². The van der Waals surface area contributed by atoms with Gasteiger partial charge in [-0.1, -0.05) is 0 Å². The van der Waals surface area contributed by atoms with Gasteiger partial charge in [0.2, 0.25) is 0 Å². The average Bonchev–Trinajstić information content (AvgIpc) is 2.67. The van der Waals surface area contributed by atoms with Gasteiger partial charge in [0.15, 0.2) is 5.58 Å². The van der Waals surface area contributed by atoms with E-state index in [2.05, 4.69) is 9.97 Å². The van der Waals surface area contributed by atoms with Gasteiger partial charge in [-0.05, 0) is 18.2 Å². The van der Waals surface area contributed by atoms with Crippen molar-refractivity contribution in [2.24, 2.45) is 0 Å². The van der Waals surface area contributed by atoms with E-state index in [0.29, 0.717) is 16.5 Å². The van der Waals surface area contributed by atoms with Crippen LogP contribution < -0.4 is 5.63 Å². The van der Waals surface area contributed by atoms with Crippen molar-refractivity contribution in [3.05, 3.63) is 41.0 Å². The lowest BCUT2D eigenvalue weighted by atomic mass is 10.3. The second-order valence-electron chi connectivity index (χ2n) is 3.01. The van der Waals surface area contributed by atoms with E-state index >= 15 is 0 Å². The number of H-pyrrole nitrogens is 1. The van der Waals surface area contributed by atoms with Crippen LogP contribution in [0.4, 0.5) is 0 Å². The van der Waals surface area contributed by atoms with Crippen molar-refractivity contribution in [1.82, 2.24) is 9.97 Å². The number of pyridine rings is 1. The van der Waals surface area contributed by atoms with Crippen molar-refractivity contribution >= 4 is 22.0 Å². The topological polar surface area (TPSA) is 58.9 Å². The van der Waals surface area contributed by atoms with Gasteiger partial charge in [-0.25, -0.2) is 4.79 Å². The van der Waals surface area contributed by atoms with E-state index in [1.165, 1.54) is 0 Å². The fourth-order valence-corrected chi connectivity index (χ4v) is 1.55. The molecule has 3 aromatic rings. The van der Waals surface area contributed by atoms with Gasteiger partial charge in [0.05, 0.1) is 5.39 Å². The van der Waals surface area contributed by atoms with Crippen molar-refractivity contribution in [1.29, 1.82) is 0 Å². The summed E-state index contributed by atoms with van der Waals surface area (Å²) in [6.07, 6.45) is 3.37. The Morgan fingerprint density at radius 1 is 1.36 bits per heavy atom. The molecule has 0 spiro atoms. The molecule has 0 aromatic carbocycles. The van der Waals surface area contributed by atoms with E-state index in [9.17, 15) is 4.79 Å². The monoisotopic (exact) mass is 186 g/mol. The van der Waals surface area contributed by atoms with E-state index in [1.54, 1.807) is 30.6 Å². The average molecular weight is 186 g/mol. The first-order valence-corrected chi connectivity index (χ1v) is 4.21. The van der Waals surface area contributed by atoms with Crippen molar-refractivity contribution in [2.45, 2.75) is 0 Å². The summed E-state index contributed by atoms with van der Waals surface area (Å²) in [5.41, 5.74) is 1.61. The molecule has 0 radical (unpaired) electrons. The Balaban J connectivity index is 2.73. The molecular weight excluding hydrogens is 180 g/mol. The molecule has 0 bridgehead atoms. The van der Waals surface area contributed by atoms with Crippen LogP contribution in [0.1, 0.15) is 0 Å². The van der Waals surface area contributed by atoms with Gasteiger partial charge in [-0.3, -0.25) is 4.98 Å². The highest BCUT2D eigenvalue weighted by Crippen LogP contribution is 2.17. The van der Waals surface area contributed by atoms with Crippen molar-refractivity contribution < 1.29 is 4.42 Å². The molecule has 0 atom stereocenters. The summed E-state index contributed by atoms with van der Waals surface area (Å²) in [4.78, 5) is 18.6. The predicted octanol–water partition coefficient (Wildman–Crippen LogP) is 1.67. The summed E-state index contributed by atoms with van der Waals surface area (Å²) in [7, 11) is 0. The van der Waals surface area contributed by atoms with Crippen molar-refractivity contribution in [3.63, 3.8) is 0 Å². The lowest BCUT2D eigenvalue weighted by molar-refractivity contribution is 0.568. The highest BCUT2D eigenvalue weighted by atomic mass is 16.4. The summed E-state index contributed by atoms with van der Waals surface area (Å²) >= 11 is 0. The number of fused-ring (bicyclic) bond motifs is 3. The highest BCUT2D eigenvalue weighted by molar-refractivity contribution is 5.99. The molecule has 3 rings (SSSR count). The third-order valence-corrected chi connectivity index (χ3v) is 2.18. The van der Waals surface area contributed by atoms with Gasteiger partial charge in [0, 0.05) is 12.4 Å². The van der Waals surface area contributed by atoms with Crippen molar-refractivity contribution in [2.75, 3.05) is 0 Å². The highest BCUT2D eigenvalue weighted by Gasteiger charge is 2.07. The summed E-state index contributed by atoms with van der Waals surface area (Å²) in [5, 5.41) is 0.514. The predicted molar refractivity (Wildman–Crippen MR) is 52.1 cm³/mol. The van der Waals surface area contributed by atoms with Crippen LogP contribution in [-0.4, -0.2) is 9.97 Å². The molecule has 14 heavy (non-hydrogen) atoms. The first-order valence-electron chi connectivity index (χ1n) is 4.21. The summed E-state index contributed by atoms with van der Waals surface area (Å²) < 4.78 is 5.11. The molecule has 0 fully saturated rings. The number of nitrogens with zero attached hydrogens (tertiary/aromatic N) is 1. The number of rotatable bonds is 0. The van der Waals surface area contributed by atoms with E-state index in [4.69, 9.17) is 4.42 Å². The van der Waals surface area contributed by atoms with Crippen LogP contribution in [0.25, 0.3) is 22.0 Å². The third kappa shape index (κ3) is 0.821. The number of hydrogen-bond acceptors (Lipinski definition) is 3. The molecular formula is C10H6N2O2. The normalized spacial score (nSPS) is 11.1. The van der Waals surface area contributed by atoms with Gasteiger partial charge in [0.25, 0.3) is 0 Å². The molecule has 3 heterocycles. The Bertz CT molecular complexity index is 666.